The van der Waals surface area contributed by atoms with Gasteiger partial charge in [-0.15, -0.1) is 13.0 Å². The number of rotatable bonds is 5. The van der Waals surface area contributed by atoms with Crippen LogP contribution in [-0.4, -0.2) is 29.9 Å². The van der Waals surface area contributed by atoms with Gasteiger partial charge in [-0.05, 0) is 27.2 Å². The quantitative estimate of drug-likeness (QED) is 0.409. The van der Waals surface area contributed by atoms with Gasteiger partial charge < -0.3 is 4.74 Å². The van der Waals surface area contributed by atoms with E-state index in [2.05, 4.69) is 12.5 Å². The Morgan fingerprint density at radius 1 is 1.56 bits per heavy atom. The highest BCUT2D eigenvalue weighted by Crippen LogP contribution is 2.10. The molecule has 0 unspecified atom stereocenters. The Kier molecular flexibility index (Phi) is 6.28. The lowest BCUT2D eigenvalue weighted by Crippen LogP contribution is -2.37. The number of carbonyl (C=O) groups excluding carboxylic acids is 1. The van der Waals surface area contributed by atoms with Crippen molar-refractivity contribution in [3.63, 3.8) is 0 Å². The average Bonchev–Trinajstić information content (AvgIpc) is 2.15. The third kappa shape index (κ3) is 6.91. The first-order chi connectivity index (χ1) is 7.40. The second-order valence-electron chi connectivity index (χ2n) is 4.14. The van der Waals surface area contributed by atoms with Gasteiger partial charge in [-0.3, -0.25) is 4.84 Å². The van der Waals surface area contributed by atoms with E-state index in [1.54, 1.807) is 26.8 Å². The number of hydrogen-bond donors (Lipinski definition) is 0. The summed E-state index contributed by atoms with van der Waals surface area (Å²) in [7, 11) is 0. The van der Waals surface area contributed by atoms with Crippen LogP contribution in [0.25, 0.3) is 0 Å². The van der Waals surface area contributed by atoms with Crippen molar-refractivity contribution in [3.05, 3.63) is 12.7 Å². The molecule has 90 valence electrons. The molecule has 0 heterocycles. The summed E-state index contributed by atoms with van der Waals surface area (Å²) in [5.41, 5.74) is -0.553. The molecular weight excluding hydrogens is 206 g/mol. The Balaban J connectivity index is 4.31. The number of terminal acetylenes is 1. The first-order valence-electron chi connectivity index (χ1n) is 5.08. The van der Waals surface area contributed by atoms with E-state index in [0.29, 0.717) is 13.0 Å². The van der Waals surface area contributed by atoms with Gasteiger partial charge in [-0.2, -0.15) is 5.06 Å². The molecule has 0 aliphatic rings. The molecule has 0 aromatic heterocycles. The summed E-state index contributed by atoms with van der Waals surface area (Å²) in [6.45, 7) is 9.35. The summed E-state index contributed by atoms with van der Waals surface area (Å²) in [5.74, 6) is 2.29. The van der Waals surface area contributed by atoms with E-state index in [-0.39, 0.29) is 6.61 Å². The Morgan fingerprint density at radius 3 is 2.62 bits per heavy atom. The van der Waals surface area contributed by atoms with Crippen molar-refractivity contribution >= 4 is 6.09 Å². The highest BCUT2D eigenvalue weighted by molar-refractivity contribution is 5.66. The fourth-order valence-corrected chi connectivity index (χ4v) is 0.845. The number of nitrogens with zero attached hydrogens (tertiary/aromatic N) is 1. The monoisotopic (exact) mass is 225 g/mol. The maximum absolute atomic E-state index is 11.6. The molecule has 0 aliphatic carbocycles. The minimum absolute atomic E-state index is 0.0381. The maximum atomic E-state index is 11.6. The van der Waals surface area contributed by atoms with Crippen molar-refractivity contribution in [2.24, 2.45) is 0 Å². The SMILES string of the molecule is C#CCON(CCC=C)C(=O)OC(C)(C)C. The fourth-order valence-electron chi connectivity index (χ4n) is 0.845. The fraction of sp³-hybridized carbons (Fsp3) is 0.583. The van der Waals surface area contributed by atoms with Crippen LogP contribution in [0.1, 0.15) is 27.2 Å². The van der Waals surface area contributed by atoms with E-state index in [0.717, 1.165) is 5.06 Å². The topological polar surface area (TPSA) is 38.8 Å². The van der Waals surface area contributed by atoms with Gasteiger partial charge in [0.2, 0.25) is 0 Å². The molecule has 4 heteroatoms. The van der Waals surface area contributed by atoms with Crippen LogP contribution in [0, 0.1) is 12.3 Å². The summed E-state index contributed by atoms with van der Waals surface area (Å²) < 4.78 is 5.15. The Hall–Kier alpha value is -1.47. The van der Waals surface area contributed by atoms with Crippen molar-refractivity contribution < 1.29 is 14.4 Å². The van der Waals surface area contributed by atoms with Crippen molar-refractivity contribution in [1.29, 1.82) is 0 Å². The highest BCUT2D eigenvalue weighted by atomic mass is 16.7. The van der Waals surface area contributed by atoms with Crippen molar-refractivity contribution in [3.8, 4) is 12.3 Å². The van der Waals surface area contributed by atoms with Crippen molar-refractivity contribution in [1.82, 2.24) is 5.06 Å². The highest BCUT2D eigenvalue weighted by Gasteiger charge is 2.22. The molecule has 0 bridgehead atoms. The Morgan fingerprint density at radius 2 is 2.19 bits per heavy atom. The van der Waals surface area contributed by atoms with Crippen LogP contribution in [0.15, 0.2) is 12.7 Å². The molecule has 0 spiro atoms. The molecule has 0 N–H and O–H groups in total. The van der Waals surface area contributed by atoms with Gasteiger partial charge in [0.15, 0.2) is 0 Å². The molecule has 0 aromatic rings. The van der Waals surface area contributed by atoms with E-state index >= 15 is 0 Å². The lowest BCUT2D eigenvalue weighted by molar-refractivity contribution is -0.135. The van der Waals surface area contributed by atoms with E-state index in [4.69, 9.17) is 16.0 Å². The zero-order valence-electron chi connectivity index (χ0n) is 10.2. The molecular formula is C12H19NO3. The van der Waals surface area contributed by atoms with E-state index in [9.17, 15) is 4.79 Å². The third-order valence-electron chi connectivity index (χ3n) is 1.44. The lowest BCUT2D eigenvalue weighted by atomic mass is 10.2. The molecule has 0 aromatic carbocycles. The molecule has 0 atom stereocenters. The predicted molar refractivity (Wildman–Crippen MR) is 62.5 cm³/mol. The Labute approximate surface area is 97.2 Å². The first kappa shape index (κ1) is 14.5. The first-order valence-corrected chi connectivity index (χ1v) is 5.08. The summed E-state index contributed by atoms with van der Waals surface area (Å²) in [6, 6.07) is 0. The lowest BCUT2D eigenvalue weighted by Gasteiger charge is -2.25. The zero-order chi connectivity index (χ0) is 12.6. The molecule has 0 radical (unpaired) electrons. The van der Waals surface area contributed by atoms with Crippen LogP contribution in [0.2, 0.25) is 0 Å². The van der Waals surface area contributed by atoms with E-state index in [1.165, 1.54) is 0 Å². The third-order valence-corrected chi connectivity index (χ3v) is 1.44. The average molecular weight is 225 g/mol. The molecule has 4 nitrogen and oxygen atoms in total. The zero-order valence-corrected chi connectivity index (χ0v) is 10.2. The van der Waals surface area contributed by atoms with Crippen molar-refractivity contribution in [2.45, 2.75) is 32.8 Å². The molecule has 0 fully saturated rings. The van der Waals surface area contributed by atoms with Gasteiger partial charge in [0.25, 0.3) is 0 Å². The summed E-state index contributed by atoms with van der Waals surface area (Å²) in [5, 5.41) is 1.12. The number of ether oxygens (including phenoxy) is 1. The second-order valence-corrected chi connectivity index (χ2v) is 4.14. The van der Waals surface area contributed by atoms with Crippen LogP contribution in [0.4, 0.5) is 4.79 Å². The Bertz CT molecular complexity index is 273. The van der Waals surface area contributed by atoms with Gasteiger partial charge in [0.05, 0.1) is 6.54 Å². The molecule has 1 amide bonds. The standard InChI is InChI=1S/C12H19NO3/c1-6-8-9-13(15-10-7-2)11(14)16-12(3,4)5/h2,6H,1,8-10H2,3-5H3. The van der Waals surface area contributed by atoms with Crippen molar-refractivity contribution in [2.75, 3.05) is 13.2 Å². The molecule has 0 saturated carbocycles. The van der Waals surface area contributed by atoms with E-state index in [1.807, 2.05) is 0 Å². The smallest absolute Gasteiger partial charge is 0.434 e. The summed E-state index contributed by atoms with van der Waals surface area (Å²) in [6.07, 6.45) is 6.83. The number of hydrogen-bond acceptors (Lipinski definition) is 3. The molecule has 0 saturated heterocycles. The normalized spacial score (nSPS) is 10.4. The number of carbonyl (C=O) groups is 1. The number of amides is 1. The van der Waals surface area contributed by atoms with Gasteiger partial charge in [0, 0.05) is 0 Å². The van der Waals surface area contributed by atoms with Crippen LogP contribution in [0.3, 0.4) is 0 Å². The molecule has 0 aliphatic heterocycles. The molecule has 16 heavy (non-hydrogen) atoms. The van der Waals surface area contributed by atoms with Gasteiger partial charge in [-0.1, -0.05) is 12.0 Å². The minimum Gasteiger partial charge on any atom is -0.442 e. The summed E-state index contributed by atoms with van der Waals surface area (Å²) >= 11 is 0. The molecule has 0 rings (SSSR count). The van der Waals surface area contributed by atoms with Gasteiger partial charge in [0.1, 0.15) is 12.2 Å². The second kappa shape index (κ2) is 6.91. The minimum atomic E-state index is -0.553. The van der Waals surface area contributed by atoms with Gasteiger partial charge >= 0.3 is 6.09 Å². The van der Waals surface area contributed by atoms with Crippen LogP contribution >= 0.6 is 0 Å². The van der Waals surface area contributed by atoms with Crippen LogP contribution < -0.4 is 0 Å². The largest absolute Gasteiger partial charge is 0.442 e. The van der Waals surface area contributed by atoms with Crippen LogP contribution in [-0.2, 0) is 9.57 Å². The van der Waals surface area contributed by atoms with Crippen LogP contribution in [0.5, 0.6) is 0 Å². The predicted octanol–water partition coefficient (Wildman–Crippen LogP) is 2.36. The summed E-state index contributed by atoms with van der Waals surface area (Å²) in [4.78, 5) is 16.7. The number of hydroxylamine groups is 2. The van der Waals surface area contributed by atoms with Gasteiger partial charge in [-0.25, -0.2) is 4.79 Å². The maximum Gasteiger partial charge on any atom is 0.434 e. The van der Waals surface area contributed by atoms with E-state index < -0.39 is 11.7 Å².